The number of hydrogen-bond acceptors (Lipinski definition) is 4. The lowest BCUT2D eigenvalue weighted by Crippen LogP contribution is -2.56. The van der Waals surface area contributed by atoms with Crippen LogP contribution in [0.2, 0.25) is 0 Å². The molecule has 1 aliphatic heterocycles. The summed E-state index contributed by atoms with van der Waals surface area (Å²) in [5, 5.41) is 8.99. The molecule has 1 amide bonds. The summed E-state index contributed by atoms with van der Waals surface area (Å²) in [7, 11) is 1.45. The maximum absolute atomic E-state index is 14.0. The average molecular weight is 421 g/mol. The van der Waals surface area contributed by atoms with Gasteiger partial charge in [0.15, 0.2) is 0 Å². The van der Waals surface area contributed by atoms with E-state index in [0.29, 0.717) is 0 Å². The van der Waals surface area contributed by atoms with Crippen molar-refractivity contribution in [2.75, 3.05) is 38.3 Å². The predicted molar refractivity (Wildman–Crippen MR) is 101 cm³/mol. The lowest BCUT2D eigenvalue weighted by molar-refractivity contribution is -0.137. The number of nitrogens with zero attached hydrogens (tertiary/aromatic N) is 3. The summed E-state index contributed by atoms with van der Waals surface area (Å²) in [4.78, 5) is 15.9. The van der Waals surface area contributed by atoms with Crippen LogP contribution < -0.4 is 4.90 Å². The number of hydrogen-bond donors (Lipinski definition) is 0. The molecule has 2 aromatic rings. The minimum Gasteiger partial charge on any atom is -0.382 e. The molecule has 5 nitrogen and oxygen atoms in total. The Hall–Kier alpha value is -3.12. The summed E-state index contributed by atoms with van der Waals surface area (Å²) in [5.74, 6) is -1.11. The van der Waals surface area contributed by atoms with Crippen LogP contribution in [0.1, 0.15) is 21.5 Å². The van der Waals surface area contributed by atoms with Crippen molar-refractivity contribution >= 4 is 11.6 Å². The predicted octanol–water partition coefficient (Wildman–Crippen LogP) is 3.69. The van der Waals surface area contributed by atoms with Gasteiger partial charge in [-0.3, -0.25) is 4.79 Å². The number of benzene rings is 2. The Morgan fingerprint density at radius 1 is 1.23 bits per heavy atom. The van der Waals surface area contributed by atoms with Gasteiger partial charge in [-0.2, -0.15) is 18.4 Å². The molecule has 1 unspecified atom stereocenters. The molecular weight excluding hydrogens is 402 g/mol. The molecule has 1 fully saturated rings. The zero-order valence-electron chi connectivity index (χ0n) is 16.1. The molecule has 0 bridgehead atoms. The van der Waals surface area contributed by atoms with E-state index < -0.39 is 35.1 Å². The maximum atomic E-state index is 14.0. The third-order valence-corrected chi connectivity index (χ3v) is 4.99. The Labute approximate surface area is 171 Å². The summed E-state index contributed by atoms with van der Waals surface area (Å²) in [6, 6.07) is 10.3. The van der Waals surface area contributed by atoms with E-state index in [1.165, 1.54) is 36.3 Å². The molecule has 0 spiro atoms. The van der Waals surface area contributed by atoms with Crippen LogP contribution in [-0.4, -0.2) is 50.2 Å². The molecule has 1 saturated heterocycles. The van der Waals surface area contributed by atoms with Crippen molar-refractivity contribution in [1.29, 1.82) is 5.26 Å². The molecule has 9 heteroatoms. The molecule has 3 rings (SSSR count). The van der Waals surface area contributed by atoms with E-state index in [-0.39, 0.29) is 37.5 Å². The number of piperazine rings is 1. The number of carbonyl (C=O) groups is 1. The van der Waals surface area contributed by atoms with Gasteiger partial charge in [0, 0.05) is 32.4 Å². The first kappa shape index (κ1) is 21.6. The first-order valence-electron chi connectivity index (χ1n) is 9.17. The van der Waals surface area contributed by atoms with Crippen molar-refractivity contribution in [3.8, 4) is 6.07 Å². The van der Waals surface area contributed by atoms with Crippen LogP contribution in [0, 0.1) is 17.1 Å². The Kier molecular flexibility index (Phi) is 6.27. The van der Waals surface area contributed by atoms with E-state index in [2.05, 4.69) is 0 Å². The van der Waals surface area contributed by atoms with Gasteiger partial charge in [-0.05, 0) is 30.3 Å². The van der Waals surface area contributed by atoms with Gasteiger partial charge in [-0.1, -0.05) is 12.1 Å². The minimum absolute atomic E-state index is 0.0557. The van der Waals surface area contributed by atoms with E-state index in [4.69, 9.17) is 10.00 Å². The van der Waals surface area contributed by atoms with E-state index in [0.717, 1.165) is 12.1 Å². The lowest BCUT2D eigenvalue weighted by Gasteiger charge is -2.42. The number of carbonyl (C=O) groups excluding carboxylic acids is 1. The monoisotopic (exact) mass is 421 g/mol. The van der Waals surface area contributed by atoms with Gasteiger partial charge >= 0.3 is 6.18 Å². The van der Waals surface area contributed by atoms with Gasteiger partial charge in [0.1, 0.15) is 5.82 Å². The van der Waals surface area contributed by atoms with E-state index in [1.807, 2.05) is 0 Å². The summed E-state index contributed by atoms with van der Waals surface area (Å²) in [6.45, 7) is 0.747. The number of anilines is 1. The van der Waals surface area contributed by atoms with Gasteiger partial charge in [-0.15, -0.1) is 0 Å². The molecule has 1 atom stereocenters. The number of rotatable bonds is 4. The number of amides is 1. The maximum Gasteiger partial charge on any atom is 0.417 e. The lowest BCUT2D eigenvalue weighted by atomic mass is 10.0. The number of methoxy groups -OCH3 is 1. The molecule has 0 radical (unpaired) electrons. The zero-order valence-corrected chi connectivity index (χ0v) is 16.1. The first-order valence-corrected chi connectivity index (χ1v) is 9.17. The molecule has 0 aromatic heterocycles. The van der Waals surface area contributed by atoms with Crippen molar-refractivity contribution in [3.05, 3.63) is 65.0 Å². The van der Waals surface area contributed by atoms with Crippen LogP contribution in [0.5, 0.6) is 0 Å². The van der Waals surface area contributed by atoms with Crippen LogP contribution in [0.4, 0.5) is 23.2 Å². The topological polar surface area (TPSA) is 56.6 Å². The van der Waals surface area contributed by atoms with Gasteiger partial charge in [0.25, 0.3) is 5.91 Å². The fourth-order valence-electron chi connectivity index (χ4n) is 3.56. The summed E-state index contributed by atoms with van der Waals surface area (Å²) in [6.07, 6.45) is -4.67. The van der Waals surface area contributed by atoms with Crippen LogP contribution in [0.15, 0.2) is 42.5 Å². The second kappa shape index (κ2) is 8.71. The van der Waals surface area contributed by atoms with Gasteiger partial charge in [-0.25, -0.2) is 4.39 Å². The number of ether oxygens (including phenoxy) is 1. The Morgan fingerprint density at radius 3 is 2.60 bits per heavy atom. The first-order chi connectivity index (χ1) is 14.3. The van der Waals surface area contributed by atoms with E-state index in [1.54, 1.807) is 17.0 Å². The van der Waals surface area contributed by atoms with E-state index >= 15 is 0 Å². The van der Waals surface area contributed by atoms with Crippen LogP contribution in [0.25, 0.3) is 0 Å². The standard InChI is InChI=1S/C21H19F4N3O2/c1-30-13-16-12-27(20(29)17-4-2-3-5-19(17)22)8-9-28(16)15-7-6-14(11-26)18(10-15)21(23,24)25/h2-7,10,16H,8-9,12-13H2,1H3. The Bertz CT molecular complexity index is 971. The number of halogens is 4. The minimum atomic E-state index is -4.67. The summed E-state index contributed by atoms with van der Waals surface area (Å²) < 4.78 is 59.2. The molecule has 1 aliphatic rings. The molecular formula is C21H19F4N3O2. The molecule has 30 heavy (non-hydrogen) atoms. The third kappa shape index (κ3) is 4.39. The van der Waals surface area contributed by atoms with Crippen molar-refractivity contribution in [3.63, 3.8) is 0 Å². The third-order valence-electron chi connectivity index (χ3n) is 4.99. The summed E-state index contributed by atoms with van der Waals surface area (Å²) in [5.41, 5.74) is -1.24. The smallest absolute Gasteiger partial charge is 0.382 e. The quantitative estimate of drug-likeness (QED) is 0.707. The molecule has 0 N–H and O–H groups in total. The van der Waals surface area contributed by atoms with Gasteiger partial charge in [0.2, 0.25) is 0 Å². The van der Waals surface area contributed by atoms with Crippen molar-refractivity contribution in [2.45, 2.75) is 12.2 Å². The van der Waals surface area contributed by atoms with Crippen molar-refractivity contribution in [2.24, 2.45) is 0 Å². The second-order valence-electron chi connectivity index (χ2n) is 6.87. The highest BCUT2D eigenvalue weighted by molar-refractivity contribution is 5.94. The fourth-order valence-corrected chi connectivity index (χ4v) is 3.56. The van der Waals surface area contributed by atoms with E-state index in [9.17, 15) is 22.4 Å². The normalized spacial score (nSPS) is 17.0. The number of nitriles is 1. The van der Waals surface area contributed by atoms with Crippen LogP contribution in [0.3, 0.4) is 0 Å². The number of alkyl halides is 3. The highest BCUT2D eigenvalue weighted by Gasteiger charge is 2.36. The highest BCUT2D eigenvalue weighted by Crippen LogP contribution is 2.35. The largest absolute Gasteiger partial charge is 0.417 e. The zero-order chi connectivity index (χ0) is 21.9. The Morgan fingerprint density at radius 2 is 1.97 bits per heavy atom. The summed E-state index contributed by atoms with van der Waals surface area (Å²) >= 11 is 0. The molecule has 2 aromatic carbocycles. The average Bonchev–Trinajstić information content (AvgIpc) is 2.73. The van der Waals surface area contributed by atoms with Crippen LogP contribution >= 0.6 is 0 Å². The van der Waals surface area contributed by atoms with Gasteiger partial charge in [0.05, 0.1) is 35.4 Å². The van der Waals surface area contributed by atoms with Crippen molar-refractivity contribution in [1.82, 2.24) is 4.90 Å². The molecule has 158 valence electrons. The molecule has 1 heterocycles. The second-order valence-corrected chi connectivity index (χ2v) is 6.87. The molecule has 0 aliphatic carbocycles. The SMILES string of the molecule is COCC1CN(C(=O)c2ccccc2F)CCN1c1ccc(C#N)c(C(F)(F)F)c1. The Balaban J connectivity index is 1.87. The fraction of sp³-hybridized carbons (Fsp3) is 0.333. The van der Waals surface area contributed by atoms with Crippen molar-refractivity contribution < 1.29 is 27.1 Å². The molecule has 0 saturated carbocycles. The highest BCUT2D eigenvalue weighted by atomic mass is 19.4. The van der Waals surface area contributed by atoms with Crippen LogP contribution in [-0.2, 0) is 10.9 Å². The van der Waals surface area contributed by atoms with Gasteiger partial charge < -0.3 is 14.5 Å².